The molecule has 9 nitrogen and oxygen atoms in total. The topological polar surface area (TPSA) is 124 Å². The number of pyridine rings is 1. The number of ether oxygens (including phenoxy) is 1. The van der Waals surface area contributed by atoms with Gasteiger partial charge in [0.05, 0.1) is 28.2 Å². The number of aromatic nitrogens is 3. The van der Waals surface area contributed by atoms with Crippen molar-refractivity contribution >= 4 is 55.6 Å². The third-order valence-corrected chi connectivity index (χ3v) is 10.00. The second-order valence-electron chi connectivity index (χ2n) is 11.2. The monoisotopic (exact) mass is 666 g/mol. The van der Waals surface area contributed by atoms with E-state index in [-0.39, 0.29) is 44.0 Å². The SMILES string of the molecule is COCCN[C@H]1CC[C@H](c2cnc(N)c3c(-c4cc(F)c(NS(=O)(=O)c5cc(Cl)ccc5Cl)cc4F)nn(C(C)C)c32)CC1. The van der Waals surface area contributed by atoms with Gasteiger partial charge in [0.1, 0.15) is 28.0 Å². The van der Waals surface area contributed by atoms with Crippen molar-refractivity contribution in [1.29, 1.82) is 0 Å². The number of anilines is 2. The zero-order valence-electron chi connectivity index (χ0n) is 24.5. The van der Waals surface area contributed by atoms with Gasteiger partial charge in [0.15, 0.2) is 0 Å². The Balaban J connectivity index is 1.52. The van der Waals surface area contributed by atoms with Crippen LogP contribution in [0.15, 0.2) is 41.4 Å². The summed E-state index contributed by atoms with van der Waals surface area (Å²) in [4.78, 5) is 4.08. The molecule has 5 rings (SSSR count). The summed E-state index contributed by atoms with van der Waals surface area (Å²) < 4.78 is 66.2. The van der Waals surface area contributed by atoms with E-state index < -0.39 is 27.3 Å². The van der Waals surface area contributed by atoms with Gasteiger partial charge in [-0.3, -0.25) is 9.40 Å². The Hall–Kier alpha value is -3.03. The van der Waals surface area contributed by atoms with Gasteiger partial charge in [-0.15, -0.1) is 0 Å². The normalized spacial score (nSPS) is 17.5. The number of hydrogen-bond donors (Lipinski definition) is 3. The molecule has 14 heteroatoms. The summed E-state index contributed by atoms with van der Waals surface area (Å²) >= 11 is 12.0. The van der Waals surface area contributed by atoms with Gasteiger partial charge in [-0.25, -0.2) is 22.2 Å². The molecule has 0 aliphatic heterocycles. The number of rotatable bonds is 10. The molecular formula is C30H34Cl2F2N6O3S. The largest absolute Gasteiger partial charge is 0.383 e. The third kappa shape index (κ3) is 6.50. The molecule has 1 aliphatic rings. The van der Waals surface area contributed by atoms with Gasteiger partial charge in [-0.1, -0.05) is 23.2 Å². The molecule has 2 aromatic heterocycles. The molecule has 4 aromatic rings. The molecule has 0 amide bonds. The van der Waals surface area contributed by atoms with Gasteiger partial charge in [0, 0.05) is 48.6 Å². The lowest BCUT2D eigenvalue weighted by atomic mass is 9.81. The van der Waals surface area contributed by atoms with Crippen molar-refractivity contribution in [1.82, 2.24) is 20.1 Å². The maximum Gasteiger partial charge on any atom is 0.263 e. The Bertz CT molecular complexity index is 1790. The van der Waals surface area contributed by atoms with Crippen LogP contribution in [0.4, 0.5) is 20.3 Å². The van der Waals surface area contributed by atoms with Crippen molar-refractivity contribution in [2.45, 2.75) is 62.4 Å². The maximum atomic E-state index is 15.8. The van der Waals surface area contributed by atoms with Crippen LogP contribution in [0.2, 0.25) is 10.0 Å². The summed E-state index contributed by atoms with van der Waals surface area (Å²) in [7, 11) is -2.71. The van der Waals surface area contributed by atoms with Crippen LogP contribution >= 0.6 is 23.2 Å². The van der Waals surface area contributed by atoms with Gasteiger partial charge < -0.3 is 15.8 Å². The summed E-state index contributed by atoms with van der Waals surface area (Å²) in [6.45, 7) is 5.34. The van der Waals surface area contributed by atoms with Crippen molar-refractivity contribution in [3.05, 3.63) is 63.8 Å². The zero-order chi connectivity index (χ0) is 31.8. The number of methoxy groups -OCH3 is 1. The fourth-order valence-corrected chi connectivity index (χ4v) is 7.56. The molecule has 44 heavy (non-hydrogen) atoms. The average molecular weight is 668 g/mol. The number of halogens is 4. The van der Waals surface area contributed by atoms with Crippen molar-refractivity contribution in [3.63, 3.8) is 0 Å². The van der Waals surface area contributed by atoms with Crippen LogP contribution in [0.1, 0.15) is 57.1 Å². The average Bonchev–Trinajstić information content (AvgIpc) is 3.38. The first-order chi connectivity index (χ1) is 20.9. The van der Waals surface area contributed by atoms with Gasteiger partial charge in [-0.05, 0) is 75.3 Å². The Kier molecular flexibility index (Phi) is 9.66. The summed E-state index contributed by atoms with van der Waals surface area (Å²) in [5.41, 5.74) is 7.42. The smallest absolute Gasteiger partial charge is 0.263 e. The van der Waals surface area contributed by atoms with Crippen LogP contribution < -0.4 is 15.8 Å². The molecule has 0 atom stereocenters. The predicted molar refractivity (Wildman–Crippen MR) is 170 cm³/mol. The van der Waals surface area contributed by atoms with Crippen LogP contribution in [-0.2, 0) is 14.8 Å². The number of nitrogens with zero attached hydrogens (tertiary/aromatic N) is 3. The number of fused-ring (bicyclic) bond motifs is 1. The first-order valence-corrected chi connectivity index (χ1v) is 16.5. The molecule has 236 valence electrons. The number of nitrogens with two attached hydrogens (primary N) is 1. The lowest BCUT2D eigenvalue weighted by Crippen LogP contribution is -2.34. The minimum absolute atomic E-state index is 0.113. The predicted octanol–water partition coefficient (Wildman–Crippen LogP) is 6.91. The number of sulfonamides is 1. The van der Waals surface area contributed by atoms with E-state index in [2.05, 4.69) is 15.0 Å². The molecule has 2 aromatic carbocycles. The van der Waals surface area contributed by atoms with Crippen molar-refractivity contribution < 1.29 is 21.9 Å². The Morgan fingerprint density at radius 3 is 2.52 bits per heavy atom. The molecule has 1 saturated carbocycles. The molecule has 0 saturated heterocycles. The fourth-order valence-electron chi connectivity index (χ4n) is 5.74. The van der Waals surface area contributed by atoms with E-state index in [4.69, 9.17) is 38.8 Å². The highest BCUT2D eigenvalue weighted by Gasteiger charge is 2.29. The van der Waals surface area contributed by atoms with Crippen LogP contribution in [-0.4, -0.2) is 49.5 Å². The molecule has 0 radical (unpaired) electrons. The number of hydrogen-bond acceptors (Lipinski definition) is 7. The lowest BCUT2D eigenvalue weighted by molar-refractivity contribution is 0.191. The summed E-state index contributed by atoms with van der Waals surface area (Å²) in [6.07, 6.45) is 5.54. The highest BCUT2D eigenvalue weighted by atomic mass is 35.5. The standard InChI is InChI=1S/C30H34Cl2F2N6O3S/c1-16(2)40-29-21(17-4-7-19(8-5-17)36-10-11-43-3)15-37-30(35)27(29)28(38-40)20-13-24(34)25(14-23(20)33)39-44(41,42)26-12-18(31)6-9-22(26)32/h6,9,12-17,19,36,39H,4-5,7-8,10-11H2,1-3H3,(H2,35,37)/t17-,19-. The number of nitrogens with one attached hydrogen (secondary N) is 2. The summed E-state index contributed by atoms with van der Waals surface area (Å²) in [5, 5.41) is 8.65. The van der Waals surface area contributed by atoms with E-state index in [0.717, 1.165) is 61.5 Å². The van der Waals surface area contributed by atoms with Gasteiger partial charge in [0.2, 0.25) is 0 Å². The van der Waals surface area contributed by atoms with E-state index in [9.17, 15) is 8.42 Å². The quantitative estimate of drug-likeness (QED) is 0.157. The molecule has 0 bridgehead atoms. The van der Waals surface area contributed by atoms with Crippen molar-refractivity contribution in [2.75, 3.05) is 30.7 Å². The fraction of sp³-hybridized carbons (Fsp3) is 0.400. The Morgan fingerprint density at radius 1 is 1.11 bits per heavy atom. The first kappa shape index (κ1) is 32.4. The second-order valence-corrected chi connectivity index (χ2v) is 13.7. The highest BCUT2D eigenvalue weighted by Crippen LogP contribution is 2.42. The van der Waals surface area contributed by atoms with Gasteiger partial charge >= 0.3 is 0 Å². The lowest BCUT2D eigenvalue weighted by Gasteiger charge is -2.30. The summed E-state index contributed by atoms with van der Waals surface area (Å²) in [5.74, 6) is -1.59. The Labute approximate surface area is 265 Å². The molecular weight excluding hydrogens is 633 g/mol. The van der Waals surface area contributed by atoms with Crippen LogP contribution in [0, 0.1) is 11.6 Å². The Morgan fingerprint density at radius 2 is 1.84 bits per heavy atom. The molecule has 0 spiro atoms. The number of benzene rings is 2. The van der Waals surface area contributed by atoms with Gasteiger partial charge in [-0.2, -0.15) is 5.10 Å². The molecule has 2 heterocycles. The third-order valence-electron chi connectivity index (χ3n) is 7.92. The van der Waals surface area contributed by atoms with Crippen LogP contribution in [0.3, 0.4) is 0 Å². The van der Waals surface area contributed by atoms with E-state index in [0.29, 0.717) is 18.0 Å². The van der Waals surface area contributed by atoms with E-state index in [1.54, 1.807) is 18.0 Å². The summed E-state index contributed by atoms with van der Waals surface area (Å²) in [6, 6.07) is 5.78. The minimum Gasteiger partial charge on any atom is -0.383 e. The molecule has 4 N–H and O–H groups in total. The van der Waals surface area contributed by atoms with Crippen LogP contribution in [0.25, 0.3) is 22.2 Å². The second kappa shape index (κ2) is 13.1. The molecule has 1 aliphatic carbocycles. The van der Waals surface area contributed by atoms with Crippen molar-refractivity contribution in [2.24, 2.45) is 0 Å². The van der Waals surface area contributed by atoms with E-state index in [1.165, 1.54) is 12.1 Å². The van der Waals surface area contributed by atoms with Crippen LogP contribution in [0.5, 0.6) is 0 Å². The number of nitrogen functional groups attached to an aromatic ring is 1. The van der Waals surface area contributed by atoms with E-state index >= 15 is 8.78 Å². The van der Waals surface area contributed by atoms with Crippen molar-refractivity contribution in [3.8, 4) is 11.3 Å². The van der Waals surface area contributed by atoms with Gasteiger partial charge in [0.25, 0.3) is 10.0 Å². The maximum absolute atomic E-state index is 15.8. The van der Waals surface area contributed by atoms with E-state index in [1.807, 2.05) is 13.8 Å². The zero-order valence-corrected chi connectivity index (χ0v) is 26.8. The molecule has 1 fully saturated rings. The first-order valence-electron chi connectivity index (χ1n) is 14.3. The minimum atomic E-state index is -4.39. The highest BCUT2D eigenvalue weighted by molar-refractivity contribution is 7.92. The molecule has 0 unspecified atom stereocenters.